The molecule has 0 aromatic heterocycles. The van der Waals surface area contributed by atoms with Crippen molar-refractivity contribution in [1.82, 2.24) is 0 Å². The van der Waals surface area contributed by atoms with Crippen molar-refractivity contribution in [2.75, 3.05) is 13.7 Å². The summed E-state index contributed by atoms with van der Waals surface area (Å²) in [5.41, 5.74) is 0.647. The molecule has 0 bridgehead atoms. The number of rotatable bonds is 7. The number of benzene rings is 2. The van der Waals surface area contributed by atoms with E-state index in [4.69, 9.17) is 28.4 Å². The predicted molar refractivity (Wildman–Crippen MR) is 139 cm³/mol. The number of phenols is 1. The molecule has 3 aliphatic heterocycles. The van der Waals surface area contributed by atoms with Gasteiger partial charge in [0.25, 0.3) is 0 Å². The quantitative estimate of drug-likeness (QED) is 0.208. The number of methoxy groups -OCH3 is 1. The first-order chi connectivity index (χ1) is 20.0. The van der Waals surface area contributed by atoms with Crippen molar-refractivity contribution in [3.05, 3.63) is 47.5 Å². The van der Waals surface area contributed by atoms with Crippen LogP contribution in [0, 0.1) is 0 Å². The second-order valence-electron chi connectivity index (χ2n) is 10.4. The van der Waals surface area contributed by atoms with Gasteiger partial charge in [0.05, 0.1) is 26.2 Å². The van der Waals surface area contributed by atoms with Gasteiger partial charge in [-0.2, -0.15) is 0 Å². The maximum atomic E-state index is 12.9. The monoisotopic (exact) mass is 594 g/mol. The lowest BCUT2D eigenvalue weighted by Gasteiger charge is -2.45. The van der Waals surface area contributed by atoms with Gasteiger partial charge in [-0.3, -0.25) is 4.79 Å². The van der Waals surface area contributed by atoms with Gasteiger partial charge in [-0.25, -0.2) is 0 Å². The molecule has 0 radical (unpaired) electrons. The summed E-state index contributed by atoms with van der Waals surface area (Å²) in [4.78, 5) is 12.9. The first kappa shape index (κ1) is 30.4. The van der Waals surface area contributed by atoms with Crippen LogP contribution in [0.15, 0.2) is 36.4 Å². The molecule has 7 N–H and O–H groups in total. The van der Waals surface area contributed by atoms with Gasteiger partial charge >= 0.3 is 0 Å². The Morgan fingerprint density at radius 1 is 0.881 bits per heavy atom. The topological polar surface area (TPSA) is 214 Å². The lowest BCUT2D eigenvalue weighted by atomic mass is 9.95. The van der Waals surface area contributed by atoms with Crippen molar-refractivity contribution in [3.63, 3.8) is 0 Å². The molecule has 2 saturated heterocycles. The summed E-state index contributed by atoms with van der Waals surface area (Å²) in [7, 11) is 1.53. The van der Waals surface area contributed by atoms with Crippen molar-refractivity contribution in [3.8, 4) is 23.0 Å². The Morgan fingerprint density at radius 2 is 1.60 bits per heavy atom. The van der Waals surface area contributed by atoms with E-state index in [0.29, 0.717) is 11.3 Å². The molecule has 42 heavy (non-hydrogen) atoms. The number of hydrogen-bond acceptors (Lipinski definition) is 14. The Kier molecular flexibility index (Phi) is 8.89. The lowest BCUT2D eigenvalue weighted by molar-refractivity contribution is -0.354. The Balaban J connectivity index is 1.40. The van der Waals surface area contributed by atoms with Crippen molar-refractivity contribution in [2.24, 2.45) is 0 Å². The second kappa shape index (κ2) is 12.3. The molecule has 2 aromatic carbocycles. The Bertz CT molecular complexity index is 1250. The second-order valence-corrected chi connectivity index (χ2v) is 10.4. The molecule has 0 amide bonds. The molecule has 5 rings (SSSR count). The highest BCUT2D eigenvalue weighted by Crippen LogP contribution is 2.43. The van der Waals surface area contributed by atoms with E-state index < -0.39 is 79.9 Å². The molecule has 0 spiro atoms. The highest BCUT2D eigenvalue weighted by Gasteiger charge is 2.51. The van der Waals surface area contributed by atoms with Crippen molar-refractivity contribution < 1.29 is 69.0 Å². The normalized spacial score (nSPS) is 36.6. The average Bonchev–Trinajstić information content (AvgIpc) is 2.97. The molecule has 0 aliphatic carbocycles. The van der Waals surface area contributed by atoms with Gasteiger partial charge in [0.1, 0.15) is 71.3 Å². The molecule has 3 aliphatic rings. The van der Waals surface area contributed by atoms with E-state index in [1.807, 2.05) is 0 Å². The maximum absolute atomic E-state index is 12.9. The van der Waals surface area contributed by atoms with Crippen LogP contribution in [0.2, 0.25) is 0 Å². The standard InChI is InChI=1S/C28H34O14/c1-11-21(32)23(34)25(36)27(38-11)42-26-24(35)22(33)19(10-29)41-28(26)39-14-7-15(30)20-16(31)9-17(40-18(20)8-14)12-3-5-13(37-2)6-4-12/h3-8,11,17,19,21-30,32-36H,9-10H2,1-2H3/t11-,17+,19+,21+,22-,23+,24-,25-,26-,27+,28-/m1/s1. The molecule has 230 valence electrons. The zero-order chi connectivity index (χ0) is 30.3. The van der Waals surface area contributed by atoms with E-state index in [-0.39, 0.29) is 29.3 Å². The van der Waals surface area contributed by atoms with Crippen LogP contribution < -0.4 is 14.2 Å². The molecule has 0 unspecified atom stereocenters. The summed E-state index contributed by atoms with van der Waals surface area (Å²) in [6.07, 6.45) is -15.8. The van der Waals surface area contributed by atoms with Gasteiger partial charge in [-0.15, -0.1) is 0 Å². The van der Waals surface area contributed by atoms with Crippen LogP contribution >= 0.6 is 0 Å². The van der Waals surface area contributed by atoms with Gasteiger partial charge in [0.15, 0.2) is 18.2 Å². The van der Waals surface area contributed by atoms with Crippen molar-refractivity contribution in [2.45, 2.75) is 80.9 Å². The average molecular weight is 595 g/mol. The summed E-state index contributed by atoms with van der Waals surface area (Å²) in [6, 6.07) is 9.42. The minimum absolute atomic E-state index is 0.0200. The molecule has 11 atom stereocenters. The minimum atomic E-state index is -1.74. The van der Waals surface area contributed by atoms with Crippen LogP contribution in [-0.4, -0.2) is 117 Å². The highest BCUT2D eigenvalue weighted by molar-refractivity contribution is 6.02. The number of carbonyl (C=O) groups excluding carboxylic acids is 1. The third-order valence-corrected chi connectivity index (χ3v) is 7.64. The molecule has 0 saturated carbocycles. The number of ketones is 1. The van der Waals surface area contributed by atoms with Crippen LogP contribution in [-0.2, 0) is 14.2 Å². The van der Waals surface area contributed by atoms with E-state index in [2.05, 4.69) is 0 Å². The molecule has 14 nitrogen and oxygen atoms in total. The summed E-state index contributed by atoms with van der Waals surface area (Å²) < 4.78 is 33.9. The van der Waals surface area contributed by atoms with Gasteiger partial charge in [-0.1, -0.05) is 12.1 Å². The Morgan fingerprint density at radius 3 is 2.26 bits per heavy atom. The SMILES string of the molecule is COc1ccc([C@@H]2CC(=O)c3c(O)cc(O[C@@H]4O[C@@H](CO)[C@@H](O)[C@@H](O)[C@H]4O[C@@H]4O[C@H](C)[C@H](O)[C@H](O)[C@H]4O)cc3O2)cc1. The van der Waals surface area contributed by atoms with Gasteiger partial charge in [0, 0.05) is 12.1 Å². The zero-order valence-corrected chi connectivity index (χ0v) is 22.7. The smallest absolute Gasteiger partial charge is 0.229 e. The van der Waals surface area contributed by atoms with Crippen molar-refractivity contribution >= 4 is 5.78 Å². The number of carbonyl (C=O) groups is 1. The van der Waals surface area contributed by atoms with E-state index in [0.717, 1.165) is 6.07 Å². The van der Waals surface area contributed by atoms with E-state index in [1.165, 1.54) is 20.1 Å². The molecular weight excluding hydrogens is 560 g/mol. The van der Waals surface area contributed by atoms with Gasteiger partial charge in [-0.05, 0) is 24.6 Å². The van der Waals surface area contributed by atoms with Crippen LogP contribution in [0.1, 0.15) is 35.4 Å². The number of aromatic hydroxyl groups is 1. The first-order valence-corrected chi connectivity index (χ1v) is 13.4. The summed E-state index contributed by atoms with van der Waals surface area (Å²) in [5, 5.41) is 72.3. The molecule has 2 aromatic rings. The number of Topliss-reactive ketones (excluding diaryl/α,β-unsaturated/α-hetero) is 1. The maximum Gasteiger partial charge on any atom is 0.229 e. The number of aliphatic hydroxyl groups is 6. The number of hydrogen-bond donors (Lipinski definition) is 7. The van der Waals surface area contributed by atoms with Crippen LogP contribution in [0.5, 0.6) is 23.0 Å². The van der Waals surface area contributed by atoms with Crippen LogP contribution in [0.4, 0.5) is 0 Å². The van der Waals surface area contributed by atoms with Gasteiger partial charge < -0.3 is 64.2 Å². The molecule has 14 heteroatoms. The largest absolute Gasteiger partial charge is 0.507 e. The lowest BCUT2D eigenvalue weighted by Crippen LogP contribution is -2.64. The minimum Gasteiger partial charge on any atom is -0.507 e. The van der Waals surface area contributed by atoms with E-state index in [1.54, 1.807) is 24.3 Å². The molecule has 3 heterocycles. The van der Waals surface area contributed by atoms with Crippen molar-refractivity contribution in [1.29, 1.82) is 0 Å². The molecular formula is C28H34O14. The highest BCUT2D eigenvalue weighted by atomic mass is 16.8. The zero-order valence-electron chi connectivity index (χ0n) is 22.7. The number of fused-ring (bicyclic) bond motifs is 1. The predicted octanol–water partition coefficient (Wildman–Crippen LogP) is -0.862. The number of aliphatic hydroxyl groups excluding tert-OH is 6. The number of ether oxygens (including phenoxy) is 6. The first-order valence-electron chi connectivity index (χ1n) is 13.4. The molecule has 2 fully saturated rings. The van der Waals surface area contributed by atoms with Crippen LogP contribution in [0.25, 0.3) is 0 Å². The van der Waals surface area contributed by atoms with Crippen LogP contribution in [0.3, 0.4) is 0 Å². The van der Waals surface area contributed by atoms with Gasteiger partial charge in [0.2, 0.25) is 6.29 Å². The summed E-state index contributed by atoms with van der Waals surface area (Å²) >= 11 is 0. The Hall–Kier alpha value is -3.05. The summed E-state index contributed by atoms with van der Waals surface area (Å²) in [6.45, 7) is 0.733. The number of phenolic OH excluding ortho intramolecular Hbond substituents is 1. The fourth-order valence-corrected chi connectivity index (χ4v) is 5.20. The summed E-state index contributed by atoms with van der Waals surface area (Å²) in [5.74, 6) is -0.244. The van der Waals surface area contributed by atoms with E-state index >= 15 is 0 Å². The third kappa shape index (κ3) is 5.77. The van der Waals surface area contributed by atoms with E-state index in [9.17, 15) is 40.5 Å². The third-order valence-electron chi connectivity index (χ3n) is 7.64. The fourth-order valence-electron chi connectivity index (χ4n) is 5.20. The fraction of sp³-hybridized carbons (Fsp3) is 0.536. The Labute approximate surface area is 240 Å².